The van der Waals surface area contributed by atoms with Gasteiger partial charge in [0.15, 0.2) is 0 Å². The number of carbonyl (C=O) groups is 2. The van der Waals surface area contributed by atoms with E-state index in [0.29, 0.717) is 19.4 Å². The van der Waals surface area contributed by atoms with Crippen LogP contribution >= 0.6 is 0 Å². The van der Waals surface area contributed by atoms with Crippen molar-refractivity contribution >= 4 is 11.9 Å². The number of esters is 1. The molecule has 0 aliphatic heterocycles. The third-order valence-electron chi connectivity index (χ3n) is 3.79. The first-order chi connectivity index (χ1) is 11.6. The lowest BCUT2D eigenvalue weighted by molar-refractivity contribution is -0.140. The van der Waals surface area contributed by atoms with Gasteiger partial charge in [-0.05, 0) is 29.7 Å². The number of hydrogen-bond acceptors (Lipinski definition) is 4. The Kier molecular flexibility index (Phi) is 6.51. The van der Waals surface area contributed by atoms with Crippen LogP contribution < -0.4 is 5.32 Å². The Morgan fingerprint density at radius 1 is 1.12 bits per heavy atom. The minimum Gasteiger partial charge on any atom is -0.478 e. The van der Waals surface area contributed by atoms with Crippen LogP contribution in [0.3, 0.4) is 0 Å². The Morgan fingerprint density at radius 3 is 2.54 bits per heavy atom. The van der Waals surface area contributed by atoms with Crippen LogP contribution in [0.1, 0.15) is 40.4 Å². The molecule has 0 aliphatic carbocycles. The van der Waals surface area contributed by atoms with Crippen LogP contribution in [0, 0.1) is 0 Å². The monoisotopic (exact) mass is 327 g/mol. The second-order valence-corrected chi connectivity index (χ2v) is 5.46. The van der Waals surface area contributed by atoms with Crippen LogP contribution in [0.2, 0.25) is 0 Å². The molecular weight excluding hydrogens is 306 g/mol. The van der Waals surface area contributed by atoms with Gasteiger partial charge in [-0.15, -0.1) is 0 Å². The largest absolute Gasteiger partial charge is 0.478 e. The molecular formula is C19H21NO4. The Hall–Kier alpha value is -2.66. The van der Waals surface area contributed by atoms with E-state index in [2.05, 4.69) is 5.32 Å². The summed E-state index contributed by atoms with van der Waals surface area (Å²) in [5.41, 5.74) is 2.23. The fraction of sp³-hybridized carbons (Fsp3) is 0.263. The summed E-state index contributed by atoms with van der Waals surface area (Å²) in [5, 5.41) is 12.5. The minimum atomic E-state index is -0.942. The third kappa shape index (κ3) is 5.21. The molecule has 0 fully saturated rings. The number of rotatable bonds is 8. The number of aromatic carboxylic acids is 1. The summed E-state index contributed by atoms with van der Waals surface area (Å²) in [5.74, 6) is -1.19. The first-order valence-electron chi connectivity index (χ1n) is 7.77. The predicted molar refractivity (Wildman–Crippen MR) is 90.7 cm³/mol. The number of ether oxygens (including phenoxy) is 1. The molecule has 2 aromatic carbocycles. The van der Waals surface area contributed by atoms with E-state index >= 15 is 0 Å². The molecule has 24 heavy (non-hydrogen) atoms. The molecule has 0 saturated heterocycles. The van der Waals surface area contributed by atoms with E-state index in [0.717, 1.165) is 11.1 Å². The maximum absolute atomic E-state index is 11.4. The molecule has 0 spiro atoms. The third-order valence-corrected chi connectivity index (χ3v) is 3.79. The molecule has 126 valence electrons. The van der Waals surface area contributed by atoms with Crippen molar-refractivity contribution in [3.8, 4) is 0 Å². The zero-order chi connectivity index (χ0) is 17.4. The van der Waals surface area contributed by atoms with Crippen molar-refractivity contribution < 1.29 is 19.4 Å². The molecule has 2 N–H and O–H groups in total. The summed E-state index contributed by atoms with van der Waals surface area (Å²) >= 11 is 0. The number of benzene rings is 2. The van der Waals surface area contributed by atoms with Crippen LogP contribution in [0.15, 0.2) is 54.6 Å². The van der Waals surface area contributed by atoms with E-state index in [1.165, 1.54) is 7.11 Å². The number of carboxylic acid groups (broad SMARTS) is 1. The highest BCUT2D eigenvalue weighted by Crippen LogP contribution is 2.19. The highest BCUT2D eigenvalue weighted by molar-refractivity contribution is 5.87. The first kappa shape index (κ1) is 17.7. The minimum absolute atomic E-state index is 0.0150. The van der Waals surface area contributed by atoms with E-state index in [1.807, 2.05) is 36.4 Å². The predicted octanol–water partition coefficient (Wildman–Crippen LogP) is 3.17. The number of carbonyl (C=O) groups excluding carboxylic acids is 1. The van der Waals surface area contributed by atoms with Gasteiger partial charge in [-0.3, -0.25) is 4.79 Å². The molecule has 1 unspecified atom stereocenters. The average Bonchev–Trinajstić information content (AvgIpc) is 2.62. The second kappa shape index (κ2) is 8.84. The Bertz CT molecular complexity index is 685. The summed E-state index contributed by atoms with van der Waals surface area (Å²) in [4.78, 5) is 22.5. The fourth-order valence-electron chi connectivity index (χ4n) is 2.49. The van der Waals surface area contributed by atoms with Crippen LogP contribution in [0.25, 0.3) is 0 Å². The molecule has 5 heteroatoms. The number of carboxylic acids is 1. The molecule has 0 radical (unpaired) electrons. The van der Waals surface area contributed by atoms with Gasteiger partial charge in [-0.25, -0.2) is 4.79 Å². The van der Waals surface area contributed by atoms with Crippen LogP contribution in [-0.2, 0) is 16.1 Å². The van der Waals surface area contributed by atoms with Gasteiger partial charge in [-0.2, -0.15) is 0 Å². The lowest BCUT2D eigenvalue weighted by atomic mass is 10.0. The Labute approximate surface area is 141 Å². The highest BCUT2D eigenvalue weighted by Gasteiger charge is 2.13. The number of hydrogen-bond donors (Lipinski definition) is 2. The summed E-state index contributed by atoms with van der Waals surface area (Å²) in [6.45, 7) is 0.516. The number of nitrogens with one attached hydrogen (secondary N) is 1. The highest BCUT2D eigenvalue weighted by atomic mass is 16.5. The lowest BCUT2D eigenvalue weighted by Crippen LogP contribution is -2.22. The van der Waals surface area contributed by atoms with Gasteiger partial charge < -0.3 is 15.2 Å². The zero-order valence-electron chi connectivity index (χ0n) is 13.6. The van der Waals surface area contributed by atoms with Crippen molar-refractivity contribution in [2.24, 2.45) is 0 Å². The average molecular weight is 327 g/mol. The van der Waals surface area contributed by atoms with Gasteiger partial charge in [0.1, 0.15) is 0 Å². The van der Waals surface area contributed by atoms with Crippen LogP contribution in [0.5, 0.6) is 0 Å². The van der Waals surface area contributed by atoms with Gasteiger partial charge in [-0.1, -0.05) is 42.5 Å². The summed E-state index contributed by atoms with van der Waals surface area (Å²) < 4.78 is 4.71. The maximum Gasteiger partial charge on any atom is 0.335 e. The smallest absolute Gasteiger partial charge is 0.335 e. The van der Waals surface area contributed by atoms with Crippen molar-refractivity contribution in [3.05, 3.63) is 71.3 Å². The Morgan fingerprint density at radius 2 is 1.88 bits per heavy atom. The molecule has 5 nitrogen and oxygen atoms in total. The van der Waals surface area contributed by atoms with E-state index in [-0.39, 0.29) is 17.6 Å². The molecule has 0 aliphatic rings. The molecule has 0 saturated carbocycles. The van der Waals surface area contributed by atoms with E-state index in [4.69, 9.17) is 9.84 Å². The lowest BCUT2D eigenvalue weighted by Gasteiger charge is -2.19. The van der Waals surface area contributed by atoms with Gasteiger partial charge >= 0.3 is 11.9 Å². The van der Waals surface area contributed by atoms with Gasteiger partial charge in [0, 0.05) is 19.0 Å². The van der Waals surface area contributed by atoms with Crippen molar-refractivity contribution in [1.29, 1.82) is 0 Å². The maximum atomic E-state index is 11.4. The van der Waals surface area contributed by atoms with Crippen molar-refractivity contribution in [2.75, 3.05) is 7.11 Å². The molecule has 1 atom stereocenters. The normalized spacial score (nSPS) is 11.7. The quantitative estimate of drug-likeness (QED) is 0.728. The van der Waals surface area contributed by atoms with E-state index in [1.54, 1.807) is 18.2 Å². The van der Waals surface area contributed by atoms with Crippen molar-refractivity contribution in [3.63, 3.8) is 0 Å². The molecule has 0 heterocycles. The molecule has 0 amide bonds. The second-order valence-electron chi connectivity index (χ2n) is 5.46. The molecule has 0 aromatic heterocycles. The van der Waals surface area contributed by atoms with Gasteiger partial charge in [0.05, 0.1) is 12.7 Å². The Balaban J connectivity index is 2.06. The van der Waals surface area contributed by atoms with Crippen LogP contribution in [-0.4, -0.2) is 24.2 Å². The standard InChI is InChI=1S/C19H21NO4/c1-24-18(21)11-10-17(15-7-3-2-4-8-15)20-13-14-6-5-9-16(12-14)19(22)23/h2-9,12,17,20H,10-11,13H2,1H3,(H,22,23). The van der Waals surface area contributed by atoms with Crippen molar-refractivity contribution in [2.45, 2.75) is 25.4 Å². The van der Waals surface area contributed by atoms with Crippen molar-refractivity contribution in [1.82, 2.24) is 5.32 Å². The van der Waals surface area contributed by atoms with Gasteiger partial charge in [0.2, 0.25) is 0 Å². The summed E-state index contributed by atoms with van der Waals surface area (Å²) in [7, 11) is 1.38. The number of methoxy groups -OCH3 is 1. The van der Waals surface area contributed by atoms with Gasteiger partial charge in [0.25, 0.3) is 0 Å². The van der Waals surface area contributed by atoms with Crippen LogP contribution in [0.4, 0.5) is 0 Å². The SMILES string of the molecule is COC(=O)CCC(NCc1cccc(C(=O)O)c1)c1ccccc1. The van der Waals surface area contributed by atoms with E-state index in [9.17, 15) is 9.59 Å². The molecule has 0 bridgehead atoms. The molecule has 2 rings (SSSR count). The molecule has 2 aromatic rings. The fourth-order valence-corrected chi connectivity index (χ4v) is 2.49. The topological polar surface area (TPSA) is 75.6 Å². The summed E-state index contributed by atoms with van der Waals surface area (Å²) in [6.07, 6.45) is 0.924. The van der Waals surface area contributed by atoms with E-state index < -0.39 is 5.97 Å². The summed E-state index contributed by atoms with van der Waals surface area (Å²) in [6, 6.07) is 16.7. The first-order valence-corrected chi connectivity index (χ1v) is 7.77. The zero-order valence-corrected chi connectivity index (χ0v) is 13.6.